The summed E-state index contributed by atoms with van der Waals surface area (Å²) in [7, 11) is 0. The number of rotatable bonds is 53. The van der Waals surface area contributed by atoms with E-state index in [-0.39, 0.29) is 37.5 Å². The quantitative estimate of drug-likeness (QED) is 0.0261. The number of unbranched alkanes of at least 4 members (excludes halogenated alkanes) is 26. The van der Waals surface area contributed by atoms with Crippen molar-refractivity contribution < 1.29 is 28.6 Å². The van der Waals surface area contributed by atoms with Gasteiger partial charge in [0, 0.05) is 19.3 Å². The highest BCUT2D eigenvalue weighted by molar-refractivity contribution is 5.71. The normalized spacial score (nSPS) is 12.8. The van der Waals surface area contributed by atoms with Crippen molar-refractivity contribution in [1.82, 2.24) is 0 Å². The summed E-state index contributed by atoms with van der Waals surface area (Å²) >= 11 is 0. The lowest BCUT2D eigenvalue weighted by molar-refractivity contribution is -0.167. The Hall–Kier alpha value is -3.67. The summed E-state index contributed by atoms with van der Waals surface area (Å²) in [6.07, 6.45) is 78.3. The van der Waals surface area contributed by atoms with Gasteiger partial charge in [-0.15, -0.1) is 0 Å². The van der Waals surface area contributed by atoms with Crippen molar-refractivity contribution in [3.63, 3.8) is 0 Å². The maximum absolute atomic E-state index is 12.8. The third kappa shape index (κ3) is 57.1. The van der Waals surface area contributed by atoms with E-state index in [1.165, 1.54) is 135 Å². The summed E-state index contributed by atoms with van der Waals surface area (Å²) in [5, 5.41) is 0. The molecule has 0 aliphatic heterocycles. The van der Waals surface area contributed by atoms with Gasteiger partial charge in [-0.3, -0.25) is 14.4 Å². The van der Waals surface area contributed by atoms with Gasteiger partial charge in [0.05, 0.1) is 0 Å². The molecule has 0 aromatic heterocycles. The Bertz CT molecular complexity index is 1410. The lowest BCUT2D eigenvalue weighted by Gasteiger charge is -2.18. The van der Waals surface area contributed by atoms with Crippen LogP contribution in [0.2, 0.25) is 0 Å². The topological polar surface area (TPSA) is 78.9 Å². The molecule has 0 spiro atoms. The highest BCUT2D eigenvalue weighted by Gasteiger charge is 2.19. The molecule has 0 aromatic carbocycles. The zero-order chi connectivity index (χ0) is 51.4. The molecule has 0 heterocycles. The maximum Gasteiger partial charge on any atom is 0.306 e. The Kier molecular flexibility index (Phi) is 55.9. The molecule has 6 nitrogen and oxygen atoms in total. The van der Waals surface area contributed by atoms with Gasteiger partial charge in [-0.2, -0.15) is 0 Å². The molecule has 0 aliphatic rings. The third-order valence-electron chi connectivity index (χ3n) is 12.6. The minimum Gasteiger partial charge on any atom is -0.462 e. The van der Waals surface area contributed by atoms with Gasteiger partial charge < -0.3 is 14.2 Å². The fourth-order valence-electron chi connectivity index (χ4n) is 8.13. The Morgan fingerprint density at radius 2 is 0.563 bits per heavy atom. The van der Waals surface area contributed by atoms with E-state index in [4.69, 9.17) is 14.2 Å². The second-order valence-electron chi connectivity index (χ2n) is 19.5. The summed E-state index contributed by atoms with van der Waals surface area (Å²) in [4.78, 5) is 38.2. The largest absolute Gasteiger partial charge is 0.462 e. The van der Waals surface area contributed by atoms with Crippen LogP contribution in [0.4, 0.5) is 0 Å². The van der Waals surface area contributed by atoms with Crippen LogP contribution in [0.1, 0.15) is 278 Å². The van der Waals surface area contributed by atoms with Gasteiger partial charge in [0.1, 0.15) is 13.2 Å². The summed E-state index contributed by atoms with van der Waals surface area (Å²) in [5.74, 6) is -0.986. The Morgan fingerprint density at radius 3 is 0.915 bits per heavy atom. The Morgan fingerprint density at radius 1 is 0.296 bits per heavy atom. The van der Waals surface area contributed by atoms with E-state index in [1.807, 2.05) is 0 Å². The van der Waals surface area contributed by atoms with Crippen LogP contribution in [-0.2, 0) is 28.6 Å². The van der Waals surface area contributed by atoms with Crippen LogP contribution in [0.3, 0.4) is 0 Å². The lowest BCUT2D eigenvalue weighted by Crippen LogP contribution is -2.30. The molecule has 0 aliphatic carbocycles. The number of hydrogen-bond acceptors (Lipinski definition) is 6. The number of hydrogen-bond donors (Lipinski definition) is 0. The van der Waals surface area contributed by atoms with E-state index in [1.54, 1.807) is 0 Å². The molecular formula is C65H110O6. The number of esters is 3. The summed E-state index contributed by atoms with van der Waals surface area (Å²) in [5.41, 5.74) is 0. The molecule has 0 aromatic rings. The van der Waals surface area contributed by atoms with Gasteiger partial charge in [-0.05, 0) is 96.3 Å². The standard InChI is InChI=1S/C65H110O6/c1-4-7-10-13-16-19-22-25-28-31-32-35-37-40-43-46-49-52-55-58-64(67)70-61-62(71-65(68)59-56-53-50-47-44-41-38-34-30-27-24-21-18-15-12-9-6-3)60-69-63(66)57-54-51-48-45-42-39-36-33-29-26-23-20-17-14-11-8-5-2/h7,10,16,19,25,27-28,30,32,35,38,40-41,43,47,50,62H,4-6,8-9,11-15,17-18,20-24,26,29,31,33-34,36-37,39,42,44-46,48-49,51-61H2,1-3H3/b10-7-,19-16-,28-25-,30-27-,35-32-,41-38-,43-40-,50-47-/t62-/m0/s1. The first-order valence-electron chi connectivity index (χ1n) is 29.7. The van der Waals surface area contributed by atoms with Gasteiger partial charge in [-0.1, -0.05) is 259 Å². The van der Waals surface area contributed by atoms with Gasteiger partial charge in [0.2, 0.25) is 0 Å². The number of ether oxygens (including phenoxy) is 3. The number of allylic oxidation sites excluding steroid dienone is 16. The molecule has 0 N–H and O–H groups in total. The van der Waals surface area contributed by atoms with Gasteiger partial charge in [0.25, 0.3) is 0 Å². The number of carbonyl (C=O) groups is 3. The molecule has 0 amide bonds. The third-order valence-corrected chi connectivity index (χ3v) is 12.6. The summed E-state index contributed by atoms with van der Waals surface area (Å²) in [6.45, 7) is 6.47. The van der Waals surface area contributed by atoms with Crippen LogP contribution in [-0.4, -0.2) is 37.2 Å². The van der Waals surface area contributed by atoms with Crippen molar-refractivity contribution in [2.75, 3.05) is 13.2 Å². The first kappa shape index (κ1) is 67.3. The average Bonchev–Trinajstić information content (AvgIpc) is 3.37. The van der Waals surface area contributed by atoms with E-state index in [0.717, 1.165) is 96.3 Å². The smallest absolute Gasteiger partial charge is 0.306 e. The van der Waals surface area contributed by atoms with Crippen molar-refractivity contribution in [3.8, 4) is 0 Å². The molecule has 0 fully saturated rings. The van der Waals surface area contributed by atoms with Gasteiger partial charge in [0.15, 0.2) is 6.10 Å². The molecular weight excluding hydrogens is 877 g/mol. The predicted octanol–water partition coefficient (Wildman–Crippen LogP) is 20.1. The zero-order valence-electron chi connectivity index (χ0n) is 46.5. The van der Waals surface area contributed by atoms with Crippen molar-refractivity contribution in [1.29, 1.82) is 0 Å². The monoisotopic (exact) mass is 987 g/mol. The molecule has 0 radical (unpaired) electrons. The van der Waals surface area contributed by atoms with Crippen molar-refractivity contribution in [3.05, 3.63) is 97.2 Å². The highest BCUT2D eigenvalue weighted by atomic mass is 16.6. The first-order chi connectivity index (χ1) is 35.0. The molecule has 0 rings (SSSR count). The van der Waals surface area contributed by atoms with Crippen LogP contribution in [0.5, 0.6) is 0 Å². The molecule has 406 valence electrons. The van der Waals surface area contributed by atoms with Gasteiger partial charge in [-0.25, -0.2) is 0 Å². The second-order valence-corrected chi connectivity index (χ2v) is 19.5. The highest BCUT2D eigenvalue weighted by Crippen LogP contribution is 2.15. The van der Waals surface area contributed by atoms with Crippen LogP contribution < -0.4 is 0 Å². The molecule has 1 atom stereocenters. The SMILES string of the molecule is CC/C=C\C/C=C\C/C=C\C/C=C\C/C=C\CCCCCC(=O)OC[C@H](COC(=O)CCCCCCCCCCCCCCCCCCC)OC(=O)CCC/C=C\C/C=C\C/C=C\CCCCCCCC. The first-order valence-corrected chi connectivity index (χ1v) is 29.7. The molecule has 0 bridgehead atoms. The van der Waals surface area contributed by atoms with E-state index >= 15 is 0 Å². The van der Waals surface area contributed by atoms with E-state index in [0.29, 0.717) is 19.3 Å². The molecule has 6 heteroatoms. The fraction of sp³-hybridized carbons (Fsp3) is 0.708. The minimum atomic E-state index is -0.818. The van der Waals surface area contributed by atoms with Crippen LogP contribution in [0.15, 0.2) is 97.2 Å². The maximum atomic E-state index is 12.8. The molecule has 71 heavy (non-hydrogen) atoms. The van der Waals surface area contributed by atoms with Crippen molar-refractivity contribution in [2.45, 2.75) is 284 Å². The van der Waals surface area contributed by atoms with Crippen LogP contribution in [0.25, 0.3) is 0 Å². The lowest BCUT2D eigenvalue weighted by atomic mass is 10.0. The minimum absolute atomic E-state index is 0.107. The second kappa shape index (κ2) is 58.9. The van der Waals surface area contributed by atoms with Gasteiger partial charge >= 0.3 is 17.9 Å². The average molecular weight is 988 g/mol. The summed E-state index contributed by atoms with van der Waals surface area (Å²) in [6, 6.07) is 0. The fourth-order valence-corrected chi connectivity index (χ4v) is 8.13. The van der Waals surface area contributed by atoms with Crippen molar-refractivity contribution >= 4 is 17.9 Å². The molecule has 0 saturated heterocycles. The Balaban J connectivity index is 4.51. The predicted molar refractivity (Wildman–Crippen MR) is 307 cm³/mol. The van der Waals surface area contributed by atoms with E-state index in [9.17, 15) is 14.4 Å². The summed E-state index contributed by atoms with van der Waals surface area (Å²) < 4.78 is 16.8. The van der Waals surface area contributed by atoms with E-state index in [2.05, 4.69) is 118 Å². The Labute approximate surface area is 438 Å². The molecule has 0 unspecified atom stereocenters. The number of carbonyl (C=O) groups excluding carboxylic acids is 3. The van der Waals surface area contributed by atoms with Crippen LogP contribution in [0, 0.1) is 0 Å². The van der Waals surface area contributed by atoms with Crippen molar-refractivity contribution in [2.24, 2.45) is 0 Å². The van der Waals surface area contributed by atoms with Crippen LogP contribution >= 0.6 is 0 Å². The zero-order valence-corrected chi connectivity index (χ0v) is 46.5. The van der Waals surface area contributed by atoms with E-state index < -0.39 is 6.10 Å². The molecule has 0 saturated carbocycles.